The van der Waals surface area contributed by atoms with Gasteiger partial charge in [0.2, 0.25) is 0 Å². The smallest absolute Gasteiger partial charge is 0.416 e. The second kappa shape index (κ2) is 7.75. The predicted molar refractivity (Wildman–Crippen MR) is 109 cm³/mol. The van der Waals surface area contributed by atoms with Gasteiger partial charge in [-0.1, -0.05) is 24.3 Å². The lowest BCUT2D eigenvalue weighted by atomic mass is 10.1. The molecule has 2 aromatic carbocycles. The number of rotatable bonds is 4. The third-order valence-corrected chi connectivity index (χ3v) is 4.87. The second-order valence-corrected chi connectivity index (χ2v) is 6.76. The molecular weight excluding hydrogens is 409 g/mol. The maximum absolute atomic E-state index is 13.0. The van der Waals surface area contributed by atoms with Crippen LogP contribution in [0.15, 0.2) is 67.1 Å². The Balaban J connectivity index is 1.71. The first-order chi connectivity index (χ1) is 14.8. The molecule has 0 unspecified atom stereocenters. The van der Waals surface area contributed by atoms with Crippen molar-refractivity contribution in [2.24, 2.45) is 0 Å². The molecule has 0 radical (unpaired) electrons. The number of anilines is 1. The molecule has 0 spiro atoms. The van der Waals surface area contributed by atoms with Crippen molar-refractivity contribution in [3.05, 3.63) is 78.4 Å². The van der Waals surface area contributed by atoms with E-state index in [0.717, 1.165) is 12.1 Å². The number of carbonyl (C=O) groups excluding carboxylic acids is 1. The van der Waals surface area contributed by atoms with Crippen molar-refractivity contribution in [3.63, 3.8) is 0 Å². The van der Waals surface area contributed by atoms with Crippen molar-refractivity contribution < 1.29 is 22.7 Å². The summed E-state index contributed by atoms with van der Waals surface area (Å²) >= 11 is 0. The first-order valence-electron chi connectivity index (χ1n) is 9.21. The van der Waals surface area contributed by atoms with Gasteiger partial charge in [0, 0.05) is 18.8 Å². The van der Waals surface area contributed by atoms with E-state index in [4.69, 9.17) is 4.74 Å². The number of alkyl halides is 3. The van der Waals surface area contributed by atoms with E-state index in [9.17, 15) is 18.0 Å². The number of ether oxygens (including phenoxy) is 1. The molecule has 0 aliphatic heterocycles. The summed E-state index contributed by atoms with van der Waals surface area (Å²) in [5.74, 6) is 0.158. The van der Waals surface area contributed by atoms with Crippen molar-refractivity contribution in [2.75, 3.05) is 19.1 Å². The molecule has 0 saturated heterocycles. The molecule has 0 aliphatic rings. The predicted octanol–water partition coefficient (Wildman–Crippen LogP) is 4.70. The summed E-state index contributed by atoms with van der Waals surface area (Å²) in [7, 11) is 3.13. The molecule has 1 amide bonds. The van der Waals surface area contributed by atoms with Gasteiger partial charge in [-0.3, -0.25) is 9.20 Å². The first kappa shape index (κ1) is 20.4. The number of hydrogen-bond acceptors (Lipinski definition) is 4. The highest BCUT2D eigenvalue weighted by Crippen LogP contribution is 2.31. The Morgan fingerprint density at radius 3 is 2.42 bits per heavy atom. The minimum Gasteiger partial charge on any atom is -0.495 e. The molecule has 0 atom stereocenters. The summed E-state index contributed by atoms with van der Waals surface area (Å²) in [6.45, 7) is 0. The fourth-order valence-corrected chi connectivity index (χ4v) is 3.23. The Morgan fingerprint density at radius 1 is 1.03 bits per heavy atom. The summed E-state index contributed by atoms with van der Waals surface area (Å²) in [5, 5.41) is 0. The molecule has 31 heavy (non-hydrogen) atoms. The zero-order valence-electron chi connectivity index (χ0n) is 16.6. The highest BCUT2D eigenvalue weighted by atomic mass is 19.4. The number of hydrogen-bond donors (Lipinski definition) is 0. The standard InChI is InChI=1S/C22H17F3N4O2/c1-28(17-5-3-4-6-19(17)31-2)21(30)16-13-29-18(11-27-20(29)12-26-16)14-7-9-15(10-8-14)22(23,24)25/h3-13H,1-2H3. The van der Waals surface area contributed by atoms with Gasteiger partial charge in [0.1, 0.15) is 11.4 Å². The van der Waals surface area contributed by atoms with E-state index >= 15 is 0 Å². The summed E-state index contributed by atoms with van der Waals surface area (Å²) in [6.07, 6.45) is 0.0723. The lowest BCUT2D eigenvalue weighted by molar-refractivity contribution is -0.137. The van der Waals surface area contributed by atoms with E-state index in [1.54, 1.807) is 35.7 Å². The van der Waals surface area contributed by atoms with Gasteiger partial charge in [-0.05, 0) is 24.3 Å². The van der Waals surface area contributed by atoms with Gasteiger partial charge < -0.3 is 9.64 Å². The lowest BCUT2D eigenvalue weighted by Gasteiger charge is -2.19. The average molecular weight is 426 g/mol. The van der Waals surface area contributed by atoms with Crippen LogP contribution in [0.1, 0.15) is 16.1 Å². The molecule has 4 rings (SSSR count). The van der Waals surface area contributed by atoms with Gasteiger partial charge in [-0.15, -0.1) is 0 Å². The van der Waals surface area contributed by atoms with Crippen LogP contribution in [-0.4, -0.2) is 34.4 Å². The van der Waals surface area contributed by atoms with Crippen LogP contribution in [0.4, 0.5) is 18.9 Å². The molecule has 2 heterocycles. The van der Waals surface area contributed by atoms with E-state index in [0.29, 0.717) is 28.3 Å². The molecule has 9 heteroatoms. The third kappa shape index (κ3) is 3.81. The first-order valence-corrected chi connectivity index (χ1v) is 9.21. The maximum Gasteiger partial charge on any atom is 0.416 e. The van der Waals surface area contributed by atoms with Crippen LogP contribution >= 0.6 is 0 Å². The molecule has 6 nitrogen and oxygen atoms in total. The quantitative estimate of drug-likeness (QED) is 0.475. The summed E-state index contributed by atoms with van der Waals surface area (Å²) in [4.78, 5) is 22.9. The topological polar surface area (TPSA) is 59.7 Å². The molecular formula is C22H17F3N4O2. The van der Waals surface area contributed by atoms with Crippen molar-refractivity contribution in [1.29, 1.82) is 0 Å². The van der Waals surface area contributed by atoms with Gasteiger partial charge in [0.25, 0.3) is 5.91 Å². The molecule has 2 aromatic heterocycles. The minimum absolute atomic E-state index is 0.145. The molecule has 4 aromatic rings. The number of aromatic nitrogens is 3. The third-order valence-electron chi connectivity index (χ3n) is 4.87. The van der Waals surface area contributed by atoms with Crippen LogP contribution in [0.2, 0.25) is 0 Å². The Hall–Kier alpha value is -3.88. The van der Waals surface area contributed by atoms with Crippen molar-refractivity contribution in [2.45, 2.75) is 6.18 Å². The number of carbonyl (C=O) groups is 1. The Kier molecular flexibility index (Phi) is 5.10. The van der Waals surface area contributed by atoms with Gasteiger partial charge in [-0.2, -0.15) is 13.2 Å². The number of nitrogens with zero attached hydrogens (tertiary/aromatic N) is 4. The Morgan fingerprint density at radius 2 is 1.74 bits per heavy atom. The minimum atomic E-state index is -4.41. The number of fused-ring (bicyclic) bond motifs is 1. The van der Waals surface area contributed by atoms with Gasteiger partial charge in [0.05, 0.1) is 36.4 Å². The number of methoxy groups -OCH3 is 1. The van der Waals surface area contributed by atoms with Crippen LogP contribution in [0.5, 0.6) is 5.75 Å². The summed E-state index contributed by atoms with van der Waals surface area (Å²) in [5.41, 5.74) is 1.52. The van der Waals surface area contributed by atoms with Gasteiger partial charge >= 0.3 is 6.18 Å². The fraction of sp³-hybridized carbons (Fsp3) is 0.136. The second-order valence-electron chi connectivity index (χ2n) is 6.76. The number of benzene rings is 2. The number of halogens is 3. The maximum atomic E-state index is 13.0. The van der Waals surface area contributed by atoms with E-state index in [-0.39, 0.29) is 11.6 Å². The summed E-state index contributed by atoms with van der Waals surface area (Å²) in [6, 6.07) is 11.8. The largest absolute Gasteiger partial charge is 0.495 e. The van der Waals surface area contributed by atoms with Crippen LogP contribution < -0.4 is 9.64 Å². The van der Waals surface area contributed by atoms with Crippen molar-refractivity contribution in [1.82, 2.24) is 14.4 Å². The molecule has 0 saturated carbocycles. The lowest BCUT2D eigenvalue weighted by Crippen LogP contribution is -2.27. The van der Waals surface area contributed by atoms with Crippen LogP contribution in [0.25, 0.3) is 16.9 Å². The normalized spacial score (nSPS) is 11.5. The Bertz CT molecular complexity index is 1250. The van der Waals surface area contributed by atoms with Crippen molar-refractivity contribution in [3.8, 4) is 17.0 Å². The molecule has 0 aliphatic carbocycles. The highest BCUT2D eigenvalue weighted by Gasteiger charge is 2.30. The van der Waals surface area contributed by atoms with E-state index in [2.05, 4.69) is 9.97 Å². The molecule has 0 bridgehead atoms. The zero-order chi connectivity index (χ0) is 22.2. The average Bonchev–Trinajstić information content (AvgIpc) is 3.20. The van der Waals surface area contributed by atoms with E-state index < -0.39 is 11.7 Å². The molecule has 0 fully saturated rings. The van der Waals surface area contributed by atoms with Crippen LogP contribution in [0, 0.1) is 0 Å². The zero-order valence-corrected chi connectivity index (χ0v) is 16.6. The fourth-order valence-electron chi connectivity index (χ4n) is 3.23. The van der Waals surface area contributed by atoms with Crippen LogP contribution in [-0.2, 0) is 6.18 Å². The number of amides is 1. The molecule has 0 N–H and O–H groups in total. The SMILES string of the molecule is COc1ccccc1N(C)C(=O)c1cn2c(-c3ccc(C(F)(F)F)cc3)cnc2cn1. The number of para-hydroxylation sites is 2. The highest BCUT2D eigenvalue weighted by molar-refractivity contribution is 6.05. The van der Waals surface area contributed by atoms with Crippen LogP contribution in [0.3, 0.4) is 0 Å². The summed E-state index contributed by atoms with van der Waals surface area (Å²) < 4.78 is 45.5. The monoisotopic (exact) mass is 426 g/mol. The Labute approximate surface area is 175 Å². The van der Waals surface area contributed by atoms with E-state index in [1.807, 2.05) is 0 Å². The van der Waals surface area contributed by atoms with Crippen molar-refractivity contribution >= 4 is 17.2 Å². The van der Waals surface area contributed by atoms with Gasteiger partial charge in [-0.25, -0.2) is 9.97 Å². The molecule has 158 valence electrons. The van der Waals surface area contributed by atoms with E-state index in [1.165, 1.54) is 42.7 Å². The van der Waals surface area contributed by atoms with Gasteiger partial charge in [0.15, 0.2) is 5.65 Å². The number of imidazole rings is 1.